The second-order valence-corrected chi connectivity index (χ2v) is 13.2. The first-order valence-corrected chi connectivity index (χ1v) is 15.6. The van der Waals surface area contributed by atoms with Crippen molar-refractivity contribution < 1.29 is 39.1 Å². The van der Waals surface area contributed by atoms with E-state index in [1.165, 1.54) is 0 Å². The maximum atomic E-state index is 14.0. The molecule has 2 saturated heterocycles. The molecule has 232 valence electrons. The Labute approximate surface area is 249 Å². The molecule has 42 heavy (non-hydrogen) atoms. The van der Waals surface area contributed by atoms with Crippen LogP contribution in [0.5, 0.6) is 0 Å². The van der Waals surface area contributed by atoms with E-state index < -0.39 is 47.7 Å². The quantitative estimate of drug-likeness (QED) is 0.325. The molecular formula is C34H48O8. The third-order valence-corrected chi connectivity index (χ3v) is 10.1. The highest BCUT2D eigenvalue weighted by Crippen LogP contribution is 2.47. The van der Waals surface area contributed by atoms with E-state index >= 15 is 0 Å². The van der Waals surface area contributed by atoms with Crippen molar-refractivity contribution in [3.63, 3.8) is 0 Å². The number of aliphatic hydroxyl groups excluding tert-OH is 2. The maximum Gasteiger partial charge on any atom is 0.316 e. The SMILES string of the molecule is CCC(C)[C@H]1O[C@@]2(C=C[C@@H]1C)C[C@@H]1C[C@@H](C/C=C(\C)[C@@H](O)[C@@H](C)/C=C/C=C3\CO[C@@H]4[C@H](O)C(C)=C[C@@H](C(=O)O1)[C@]34O)O2. The highest BCUT2D eigenvalue weighted by molar-refractivity contribution is 5.78. The van der Waals surface area contributed by atoms with Crippen LogP contribution in [0.2, 0.25) is 0 Å². The molecule has 0 saturated carbocycles. The van der Waals surface area contributed by atoms with Gasteiger partial charge in [0.25, 0.3) is 0 Å². The molecule has 1 aliphatic carbocycles. The van der Waals surface area contributed by atoms with E-state index in [0.29, 0.717) is 36.3 Å². The van der Waals surface area contributed by atoms with E-state index in [1.807, 2.05) is 32.1 Å². The van der Waals surface area contributed by atoms with Gasteiger partial charge in [0.15, 0.2) is 5.79 Å². The summed E-state index contributed by atoms with van der Waals surface area (Å²) in [6.45, 7) is 12.1. The van der Waals surface area contributed by atoms with Gasteiger partial charge in [-0.3, -0.25) is 4.79 Å². The van der Waals surface area contributed by atoms with Crippen molar-refractivity contribution >= 4 is 5.97 Å². The van der Waals surface area contributed by atoms with Gasteiger partial charge >= 0.3 is 5.97 Å². The molecule has 0 aromatic carbocycles. The molecule has 5 aliphatic rings. The van der Waals surface area contributed by atoms with Gasteiger partial charge in [-0.2, -0.15) is 0 Å². The minimum atomic E-state index is -1.77. The molecule has 12 atom stereocenters. The van der Waals surface area contributed by atoms with Crippen LogP contribution in [-0.4, -0.2) is 75.9 Å². The number of rotatable bonds is 2. The molecule has 8 nitrogen and oxygen atoms in total. The van der Waals surface area contributed by atoms with Gasteiger partial charge < -0.3 is 34.3 Å². The lowest BCUT2D eigenvalue weighted by Gasteiger charge is -2.48. The Morgan fingerprint density at radius 1 is 1.05 bits per heavy atom. The first-order chi connectivity index (χ1) is 19.9. The van der Waals surface area contributed by atoms with Gasteiger partial charge in [-0.15, -0.1) is 0 Å². The Morgan fingerprint density at radius 3 is 2.55 bits per heavy atom. The fourth-order valence-corrected chi connectivity index (χ4v) is 7.15. The zero-order chi connectivity index (χ0) is 30.4. The predicted octanol–water partition coefficient (Wildman–Crippen LogP) is 4.31. The third kappa shape index (κ3) is 5.74. The van der Waals surface area contributed by atoms with Crippen LogP contribution < -0.4 is 0 Å². The number of esters is 1. The zero-order valence-corrected chi connectivity index (χ0v) is 25.7. The van der Waals surface area contributed by atoms with Gasteiger partial charge in [0.2, 0.25) is 0 Å². The largest absolute Gasteiger partial charge is 0.462 e. The van der Waals surface area contributed by atoms with Gasteiger partial charge in [-0.25, -0.2) is 0 Å². The number of carbonyl (C=O) groups excluding carboxylic acids is 1. The summed E-state index contributed by atoms with van der Waals surface area (Å²) in [6.07, 6.45) is 11.7. The van der Waals surface area contributed by atoms with Gasteiger partial charge in [0, 0.05) is 24.7 Å². The minimum Gasteiger partial charge on any atom is -0.462 e. The standard InChI is InChI=1S/C34H48O8/c1-7-19(2)30-22(5)13-14-33(42-30)17-26-16-25(41-33)12-11-21(4)28(35)20(3)9-8-10-24-18-39-31-29(36)23(6)15-27(32(37)40-26)34(24,31)38/h8-11,13-15,19-20,22,25-31,35-36,38H,7,12,16-18H2,1-6H3/b9-8+,21-11+,24-10+/t19?,20-,22-,25+,26-,27-,28-,29+,30+,31+,33-,34+/m0/s1. The van der Waals surface area contributed by atoms with Crippen LogP contribution in [0, 0.1) is 23.7 Å². The number of allylic oxidation sites excluding steroid dienone is 2. The Morgan fingerprint density at radius 2 is 1.81 bits per heavy atom. The smallest absolute Gasteiger partial charge is 0.316 e. The second kappa shape index (κ2) is 12.1. The lowest BCUT2D eigenvalue weighted by Crippen LogP contribution is -2.58. The number of hydrogen-bond donors (Lipinski definition) is 3. The van der Waals surface area contributed by atoms with Crippen molar-refractivity contribution in [2.45, 2.75) is 115 Å². The summed E-state index contributed by atoms with van der Waals surface area (Å²) in [6, 6.07) is 0. The lowest BCUT2D eigenvalue weighted by molar-refractivity contribution is -0.300. The van der Waals surface area contributed by atoms with Gasteiger partial charge in [-0.05, 0) is 49.0 Å². The van der Waals surface area contributed by atoms with Crippen molar-refractivity contribution in [2.24, 2.45) is 23.7 Å². The predicted molar refractivity (Wildman–Crippen MR) is 158 cm³/mol. The van der Waals surface area contributed by atoms with E-state index in [0.717, 1.165) is 12.0 Å². The molecule has 0 radical (unpaired) electrons. The van der Waals surface area contributed by atoms with E-state index in [9.17, 15) is 20.1 Å². The van der Waals surface area contributed by atoms with Crippen LogP contribution in [0.15, 0.2) is 59.3 Å². The fourth-order valence-electron chi connectivity index (χ4n) is 7.15. The molecule has 3 N–H and O–H groups in total. The zero-order valence-electron chi connectivity index (χ0n) is 25.7. The van der Waals surface area contributed by atoms with Crippen molar-refractivity contribution in [1.82, 2.24) is 0 Å². The highest BCUT2D eigenvalue weighted by Gasteiger charge is 2.60. The Balaban J connectivity index is 1.54. The number of ether oxygens (including phenoxy) is 4. The summed E-state index contributed by atoms with van der Waals surface area (Å²) in [4.78, 5) is 14.0. The molecule has 5 rings (SSSR count). The Hall–Kier alpha value is -2.07. The average Bonchev–Trinajstić information content (AvgIpc) is 3.30. The molecule has 4 heterocycles. The molecule has 0 amide bonds. The summed E-state index contributed by atoms with van der Waals surface area (Å²) < 4.78 is 25.5. The molecule has 8 heteroatoms. The van der Waals surface area contributed by atoms with Crippen LogP contribution in [-0.2, 0) is 23.7 Å². The first kappa shape index (κ1) is 31.4. The molecule has 2 bridgehead atoms. The van der Waals surface area contributed by atoms with Crippen molar-refractivity contribution in [3.05, 3.63) is 59.3 Å². The van der Waals surface area contributed by atoms with Crippen LogP contribution >= 0.6 is 0 Å². The fraction of sp³-hybridized carbons (Fsp3) is 0.676. The van der Waals surface area contributed by atoms with Crippen LogP contribution in [0.3, 0.4) is 0 Å². The summed E-state index contributed by atoms with van der Waals surface area (Å²) in [7, 11) is 0. The monoisotopic (exact) mass is 584 g/mol. The number of hydrogen-bond acceptors (Lipinski definition) is 8. The van der Waals surface area contributed by atoms with Gasteiger partial charge in [0.05, 0.1) is 24.9 Å². The molecule has 2 fully saturated rings. The number of aliphatic hydroxyl groups is 3. The summed E-state index contributed by atoms with van der Waals surface area (Å²) in [5.74, 6) is -2.35. The Bertz CT molecular complexity index is 1180. The molecule has 0 aromatic rings. The topological polar surface area (TPSA) is 115 Å². The molecule has 0 aromatic heterocycles. The average molecular weight is 585 g/mol. The van der Waals surface area contributed by atoms with Crippen molar-refractivity contribution in [1.29, 1.82) is 0 Å². The van der Waals surface area contributed by atoms with Crippen LogP contribution in [0.1, 0.15) is 67.2 Å². The van der Waals surface area contributed by atoms with E-state index in [1.54, 1.807) is 25.2 Å². The Kier molecular flexibility index (Phi) is 9.06. The third-order valence-electron chi connectivity index (χ3n) is 10.1. The van der Waals surface area contributed by atoms with E-state index in [-0.39, 0.29) is 30.7 Å². The van der Waals surface area contributed by atoms with E-state index in [4.69, 9.17) is 18.9 Å². The van der Waals surface area contributed by atoms with Crippen LogP contribution in [0.25, 0.3) is 0 Å². The van der Waals surface area contributed by atoms with Crippen molar-refractivity contribution in [2.75, 3.05) is 6.61 Å². The first-order valence-electron chi connectivity index (χ1n) is 15.6. The summed E-state index contributed by atoms with van der Waals surface area (Å²) >= 11 is 0. The molecule has 1 spiro atoms. The van der Waals surface area contributed by atoms with Crippen LogP contribution in [0.4, 0.5) is 0 Å². The van der Waals surface area contributed by atoms with Gasteiger partial charge in [0.1, 0.15) is 29.8 Å². The summed E-state index contributed by atoms with van der Waals surface area (Å²) in [5.41, 5.74) is 0.101. The van der Waals surface area contributed by atoms with E-state index in [2.05, 4.69) is 26.8 Å². The number of fused-ring (bicyclic) bond motifs is 2. The summed E-state index contributed by atoms with van der Waals surface area (Å²) in [5, 5.41) is 34.0. The minimum absolute atomic E-state index is 0.0464. The second-order valence-electron chi connectivity index (χ2n) is 13.2. The maximum absolute atomic E-state index is 14.0. The normalized spacial score (nSPS) is 48.3. The lowest BCUT2D eigenvalue weighted by atomic mass is 9.71. The molecule has 1 unspecified atom stereocenters. The number of carbonyl (C=O) groups is 1. The highest BCUT2D eigenvalue weighted by atomic mass is 16.7. The van der Waals surface area contributed by atoms with Gasteiger partial charge in [-0.1, -0.05) is 70.6 Å². The molecule has 4 aliphatic heterocycles. The molecular weight excluding hydrogens is 536 g/mol. The van der Waals surface area contributed by atoms with Crippen molar-refractivity contribution in [3.8, 4) is 0 Å².